The molecule has 3 heteroatoms. The number of H-pyrrole nitrogens is 1. The first-order chi connectivity index (χ1) is 9.20. The summed E-state index contributed by atoms with van der Waals surface area (Å²) < 4.78 is 5.50. The number of aromatic nitrogens is 2. The molecule has 0 aliphatic carbocycles. The van der Waals surface area contributed by atoms with Gasteiger partial charge in [0.1, 0.15) is 11.4 Å². The first-order valence-electron chi connectivity index (χ1n) is 6.29. The SMILES string of the molecule is COc1cc(C)c(C)cc1-c1n[nH]c2ccccc12. The molecule has 19 heavy (non-hydrogen) atoms. The average Bonchev–Trinajstić information content (AvgIpc) is 2.85. The number of para-hydroxylation sites is 1. The van der Waals surface area contributed by atoms with Crippen molar-refractivity contribution >= 4 is 10.9 Å². The number of benzene rings is 2. The maximum atomic E-state index is 5.50. The molecule has 1 heterocycles. The zero-order valence-corrected chi connectivity index (χ0v) is 11.3. The van der Waals surface area contributed by atoms with E-state index in [9.17, 15) is 0 Å². The van der Waals surface area contributed by atoms with Crippen LogP contribution in [0.5, 0.6) is 5.75 Å². The monoisotopic (exact) mass is 252 g/mol. The van der Waals surface area contributed by atoms with Crippen LogP contribution in [0.3, 0.4) is 0 Å². The van der Waals surface area contributed by atoms with Gasteiger partial charge in [-0.15, -0.1) is 0 Å². The van der Waals surface area contributed by atoms with E-state index < -0.39 is 0 Å². The fourth-order valence-electron chi connectivity index (χ4n) is 2.31. The maximum Gasteiger partial charge on any atom is 0.128 e. The first-order valence-corrected chi connectivity index (χ1v) is 6.29. The molecule has 0 atom stereocenters. The van der Waals surface area contributed by atoms with Crippen LogP contribution in [0.15, 0.2) is 36.4 Å². The lowest BCUT2D eigenvalue weighted by Crippen LogP contribution is -1.92. The van der Waals surface area contributed by atoms with Gasteiger partial charge < -0.3 is 4.74 Å². The first kappa shape index (κ1) is 11.8. The fraction of sp³-hybridized carbons (Fsp3) is 0.188. The van der Waals surface area contributed by atoms with E-state index >= 15 is 0 Å². The van der Waals surface area contributed by atoms with Crippen LogP contribution in [0, 0.1) is 13.8 Å². The second-order valence-corrected chi connectivity index (χ2v) is 4.75. The quantitative estimate of drug-likeness (QED) is 0.752. The Morgan fingerprint density at radius 2 is 1.79 bits per heavy atom. The molecule has 0 unspecified atom stereocenters. The molecule has 3 nitrogen and oxygen atoms in total. The van der Waals surface area contributed by atoms with E-state index in [2.05, 4.69) is 42.2 Å². The van der Waals surface area contributed by atoms with Gasteiger partial charge in [-0.3, -0.25) is 5.10 Å². The van der Waals surface area contributed by atoms with Crippen molar-refractivity contribution in [2.45, 2.75) is 13.8 Å². The van der Waals surface area contributed by atoms with Gasteiger partial charge in [-0.2, -0.15) is 5.10 Å². The van der Waals surface area contributed by atoms with Crippen molar-refractivity contribution in [1.29, 1.82) is 0 Å². The summed E-state index contributed by atoms with van der Waals surface area (Å²) in [5, 5.41) is 8.62. The molecule has 0 saturated carbocycles. The molecule has 0 aliphatic rings. The molecule has 0 spiro atoms. The summed E-state index contributed by atoms with van der Waals surface area (Å²) in [4.78, 5) is 0. The predicted octanol–water partition coefficient (Wildman–Crippen LogP) is 3.86. The molecule has 0 bridgehead atoms. The molecule has 3 rings (SSSR count). The topological polar surface area (TPSA) is 37.9 Å². The van der Waals surface area contributed by atoms with E-state index in [0.29, 0.717) is 0 Å². The summed E-state index contributed by atoms with van der Waals surface area (Å²) >= 11 is 0. The lowest BCUT2D eigenvalue weighted by Gasteiger charge is -2.10. The van der Waals surface area contributed by atoms with Crippen molar-refractivity contribution in [3.8, 4) is 17.0 Å². The van der Waals surface area contributed by atoms with Crippen molar-refractivity contribution in [1.82, 2.24) is 10.2 Å². The third-order valence-electron chi connectivity index (χ3n) is 3.54. The number of nitrogens with zero attached hydrogens (tertiary/aromatic N) is 1. The normalized spacial score (nSPS) is 10.9. The van der Waals surface area contributed by atoms with E-state index in [0.717, 1.165) is 27.9 Å². The van der Waals surface area contributed by atoms with Crippen molar-refractivity contribution in [3.63, 3.8) is 0 Å². The molecule has 0 radical (unpaired) electrons. The Hall–Kier alpha value is -2.29. The molecule has 0 amide bonds. The molecule has 1 aromatic heterocycles. The smallest absolute Gasteiger partial charge is 0.128 e. The molecular weight excluding hydrogens is 236 g/mol. The van der Waals surface area contributed by atoms with Crippen LogP contribution in [-0.2, 0) is 0 Å². The highest BCUT2D eigenvalue weighted by Gasteiger charge is 2.13. The number of fused-ring (bicyclic) bond motifs is 1. The minimum absolute atomic E-state index is 0.861. The Balaban J connectivity index is 2.29. The Morgan fingerprint density at radius 1 is 1.05 bits per heavy atom. The third kappa shape index (κ3) is 1.87. The van der Waals surface area contributed by atoms with Gasteiger partial charge in [-0.05, 0) is 43.2 Å². The van der Waals surface area contributed by atoms with Gasteiger partial charge >= 0.3 is 0 Å². The summed E-state index contributed by atoms with van der Waals surface area (Å²) in [6.45, 7) is 4.19. The van der Waals surface area contributed by atoms with Crippen molar-refractivity contribution in [2.24, 2.45) is 0 Å². The summed E-state index contributed by atoms with van der Waals surface area (Å²) in [5.74, 6) is 0.861. The highest BCUT2D eigenvalue weighted by molar-refractivity contribution is 5.94. The lowest BCUT2D eigenvalue weighted by molar-refractivity contribution is 0.416. The highest BCUT2D eigenvalue weighted by atomic mass is 16.5. The van der Waals surface area contributed by atoms with Crippen LogP contribution in [0.1, 0.15) is 11.1 Å². The molecule has 0 saturated heterocycles. The molecule has 3 aromatic rings. The van der Waals surface area contributed by atoms with Crippen LogP contribution in [-0.4, -0.2) is 17.3 Å². The van der Waals surface area contributed by atoms with Gasteiger partial charge in [0.2, 0.25) is 0 Å². The van der Waals surface area contributed by atoms with Crippen LogP contribution in [0.2, 0.25) is 0 Å². The maximum absolute atomic E-state index is 5.50. The zero-order valence-electron chi connectivity index (χ0n) is 11.3. The molecule has 0 aliphatic heterocycles. The number of aromatic amines is 1. The standard InChI is InChI=1S/C16H16N2O/c1-10-8-13(15(19-3)9-11(10)2)16-12-6-4-5-7-14(12)17-18-16/h4-9H,1-3H3,(H,17,18). The lowest BCUT2D eigenvalue weighted by atomic mass is 10.0. The predicted molar refractivity (Wildman–Crippen MR) is 77.6 cm³/mol. The number of hydrogen-bond donors (Lipinski definition) is 1. The highest BCUT2D eigenvalue weighted by Crippen LogP contribution is 2.35. The van der Waals surface area contributed by atoms with Gasteiger partial charge in [0, 0.05) is 10.9 Å². The second kappa shape index (κ2) is 4.43. The number of hydrogen-bond acceptors (Lipinski definition) is 2. The van der Waals surface area contributed by atoms with Crippen LogP contribution in [0.4, 0.5) is 0 Å². The molecule has 96 valence electrons. The van der Waals surface area contributed by atoms with Gasteiger partial charge in [0.25, 0.3) is 0 Å². The Bertz CT molecular complexity index is 744. The largest absolute Gasteiger partial charge is 0.496 e. The van der Waals surface area contributed by atoms with Crippen LogP contribution < -0.4 is 4.74 Å². The minimum Gasteiger partial charge on any atom is -0.496 e. The Morgan fingerprint density at radius 3 is 2.58 bits per heavy atom. The van der Waals surface area contributed by atoms with Crippen molar-refractivity contribution in [3.05, 3.63) is 47.5 Å². The van der Waals surface area contributed by atoms with E-state index in [1.165, 1.54) is 11.1 Å². The summed E-state index contributed by atoms with van der Waals surface area (Å²) in [6.07, 6.45) is 0. The molecule has 1 N–H and O–H groups in total. The summed E-state index contributed by atoms with van der Waals surface area (Å²) in [5.41, 5.74) is 5.47. The number of ether oxygens (including phenoxy) is 1. The average molecular weight is 252 g/mol. The van der Waals surface area contributed by atoms with Crippen molar-refractivity contribution < 1.29 is 4.74 Å². The van der Waals surface area contributed by atoms with Crippen LogP contribution >= 0.6 is 0 Å². The number of rotatable bonds is 2. The van der Waals surface area contributed by atoms with E-state index in [1.54, 1.807) is 7.11 Å². The Labute approximate surface area is 112 Å². The third-order valence-corrected chi connectivity index (χ3v) is 3.54. The van der Waals surface area contributed by atoms with Gasteiger partial charge in [0.15, 0.2) is 0 Å². The number of methoxy groups -OCH3 is 1. The van der Waals surface area contributed by atoms with E-state index in [4.69, 9.17) is 4.74 Å². The second-order valence-electron chi connectivity index (χ2n) is 4.75. The zero-order chi connectivity index (χ0) is 13.4. The fourth-order valence-corrected chi connectivity index (χ4v) is 2.31. The van der Waals surface area contributed by atoms with E-state index in [-0.39, 0.29) is 0 Å². The van der Waals surface area contributed by atoms with Gasteiger partial charge in [-0.25, -0.2) is 0 Å². The Kier molecular flexibility index (Phi) is 2.75. The molecule has 0 fully saturated rings. The minimum atomic E-state index is 0.861. The van der Waals surface area contributed by atoms with E-state index in [1.807, 2.05) is 18.2 Å². The number of nitrogens with one attached hydrogen (secondary N) is 1. The van der Waals surface area contributed by atoms with Gasteiger partial charge in [0.05, 0.1) is 12.6 Å². The molecular formula is C16H16N2O. The number of aryl methyl sites for hydroxylation is 2. The summed E-state index contributed by atoms with van der Waals surface area (Å²) in [6, 6.07) is 12.3. The van der Waals surface area contributed by atoms with Crippen LogP contribution in [0.25, 0.3) is 22.2 Å². The molecule has 2 aromatic carbocycles. The summed E-state index contributed by atoms with van der Waals surface area (Å²) in [7, 11) is 1.70. The van der Waals surface area contributed by atoms with Crippen molar-refractivity contribution in [2.75, 3.05) is 7.11 Å². The van der Waals surface area contributed by atoms with Gasteiger partial charge in [-0.1, -0.05) is 18.2 Å².